The monoisotopic (exact) mass is 275 g/mol. The molecule has 0 aliphatic heterocycles. The van der Waals surface area contributed by atoms with Gasteiger partial charge in [-0.25, -0.2) is 0 Å². The normalized spacial score (nSPS) is 42.0. The van der Waals surface area contributed by atoms with Gasteiger partial charge < -0.3 is 0 Å². The Morgan fingerprint density at radius 3 is 2.40 bits per heavy atom. The first kappa shape index (κ1) is 16.0. The molecule has 0 aromatic heterocycles. The molecule has 5 unspecified atom stereocenters. The summed E-state index contributed by atoms with van der Waals surface area (Å²) in [5.74, 6) is 5.82. The third-order valence-corrected chi connectivity index (χ3v) is 6.26. The lowest BCUT2D eigenvalue weighted by Gasteiger charge is -2.28. The smallest absolute Gasteiger partial charge is 0.0652 e. The maximum Gasteiger partial charge on any atom is 0.218 e. The number of hydrogen-bond donors (Lipinski definition) is 0. The van der Waals surface area contributed by atoms with Gasteiger partial charge in [0.25, 0.3) is 0 Å². The Morgan fingerprint density at radius 2 is 1.75 bits per heavy atom. The first-order chi connectivity index (χ1) is 9.65. The summed E-state index contributed by atoms with van der Waals surface area (Å²) in [4.78, 5) is 0. The van der Waals surface area contributed by atoms with E-state index in [0.29, 0.717) is 0 Å². The van der Waals surface area contributed by atoms with E-state index >= 15 is 0 Å². The molecule has 0 bridgehead atoms. The van der Waals surface area contributed by atoms with Gasteiger partial charge in [-0.3, -0.25) is 0 Å². The molecule has 2 aliphatic rings. The molecule has 0 N–H and O–H groups in total. The molecule has 0 aromatic rings. The molecule has 20 heavy (non-hydrogen) atoms. The Balaban J connectivity index is 1.84. The molecule has 0 heteroatoms. The molecule has 0 saturated heterocycles. The van der Waals surface area contributed by atoms with E-state index in [1.54, 1.807) is 0 Å². The van der Waals surface area contributed by atoms with Gasteiger partial charge in [-0.05, 0) is 55.3 Å². The minimum absolute atomic E-state index is 0.825. The highest BCUT2D eigenvalue weighted by Gasteiger charge is 2.48. The lowest BCUT2D eigenvalue weighted by Crippen LogP contribution is -2.19. The van der Waals surface area contributed by atoms with Crippen molar-refractivity contribution in [1.29, 1.82) is 0 Å². The zero-order valence-corrected chi connectivity index (χ0v) is 14.2. The fraction of sp³-hybridized carbons (Fsp3) is 0.900. The van der Waals surface area contributed by atoms with E-state index in [2.05, 4.69) is 39.8 Å². The van der Waals surface area contributed by atoms with Crippen LogP contribution in [0.5, 0.6) is 0 Å². The van der Waals surface area contributed by atoms with Crippen molar-refractivity contribution in [2.24, 2.45) is 35.5 Å². The number of allylic oxidation sites excluding steroid dienone is 2. The zero-order chi connectivity index (χ0) is 14.5. The summed E-state index contributed by atoms with van der Waals surface area (Å²) in [5, 5.41) is 0. The second-order valence-corrected chi connectivity index (χ2v) is 7.68. The van der Waals surface area contributed by atoms with Crippen molar-refractivity contribution in [2.45, 2.75) is 79.1 Å². The van der Waals surface area contributed by atoms with Crippen molar-refractivity contribution < 1.29 is 0 Å². The van der Waals surface area contributed by atoms with Crippen LogP contribution in [0.1, 0.15) is 79.1 Å². The molecule has 5 atom stereocenters. The van der Waals surface area contributed by atoms with Crippen LogP contribution in [0.3, 0.4) is 0 Å². The standard InChI is InChI=1S/C20H35/c1-5-6-7-8-11-18-12-9-10-15(2)19(14-13-18)20-16(3)17(20)4/h11,15-20H,5-7,9-10,12-14H2,1-4H3/q+1. The summed E-state index contributed by atoms with van der Waals surface area (Å²) in [7, 11) is 0. The Kier molecular flexibility index (Phi) is 6.09. The van der Waals surface area contributed by atoms with Crippen molar-refractivity contribution in [3.63, 3.8) is 0 Å². The van der Waals surface area contributed by atoms with E-state index in [1.165, 1.54) is 51.4 Å². The molecule has 0 heterocycles. The van der Waals surface area contributed by atoms with Crippen LogP contribution in [0, 0.1) is 41.6 Å². The van der Waals surface area contributed by atoms with Crippen molar-refractivity contribution in [3.05, 3.63) is 12.2 Å². The van der Waals surface area contributed by atoms with Gasteiger partial charge in [0.15, 0.2) is 12.5 Å². The maximum atomic E-state index is 3.57. The SMILES string of the molecule is CCCC[C+]=CC1CCCC(C)C(C2C(C)C2C)CC1. The molecule has 0 spiro atoms. The highest BCUT2D eigenvalue weighted by atomic mass is 14.5. The fourth-order valence-corrected chi connectivity index (χ4v) is 4.50. The summed E-state index contributed by atoms with van der Waals surface area (Å²) >= 11 is 0. The molecule has 2 rings (SSSR count). The van der Waals surface area contributed by atoms with Crippen LogP contribution in [0.25, 0.3) is 0 Å². The van der Waals surface area contributed by atoms with Gasteiger partial charge in [0.1, 0.15) is 0 Å². The van der Waals surface area contributed by atoms with Gasteiger partial charge in [0, 0.05) is 5.92 Å². The number of rotatable bonds is 5. The van der Waals surface area contributed by atoms with E-state index in [-0.39, 0.29) is 0 Å². The Morgan fingerprint density at radius 1 is 1.00 bits per heavy atom. The van der Waals surface area contributed by atoms with Gasteiger partial charge >= 0.3 is 0 Å². The molecular weight excluding hydrogens is 240 g/mol. The van der Waals surface area contributed by atoms with Crippen LogP contribution in [0.4, 0.5) is 0 Å². The van der Waals surface area contributed by atoms with Gasteiger partial charge in [-0.1, -0.05) is 47.0 Å². The van der Waals surface area contributed by atoms with Crippen LogP contribution in [0.2, 0.25) is 0 Å². The molecule has 0 radical (unpaired) electrons. The summed E-state index contributed by atoms with van der Waals surface area (Å²) in [6.45, 7) is 9.72. The van der Waals surface area contributed by atoms with Crippen LogP contribution in [-0.2, 0) is 0 Å². The molecule has 2 fully saturated rings. The van der Waals surface area contributed by atoms with E-state index < -0.39 is 0 Å². The summed E-state index contributed by atoms with van der Waals surface area (Å²) in [6, 6.07) is 0. The summed E-state index contributed by atoms with van der Waals surface area (Å²) < 4.78 is 0. The highest BCUT2D eigenvalue weighted by Crippen LogP contribution is 2.55. The zero-order valence-electron chi connectivity index (χ0n) is 14.2. The number of unbranched alkanes of at least 4 members (excludes halogenated alkanes) is 2. The Labute approximate surface area is 127 Å². The molecule has 0 amide bonds. The largest absolute Gasteiger partial charge is 0.218 e. The average molecular weight is 276 g/mol. The molecule has 0 nitrogen and oxygen atoms in total. The lowest BCUT2D eigenvalue weighted by molar-refractivity contribution is 0.223. The Hall–Kier alpha value is -0.350. The van der Waals surface area contributed by atoms with E-state index in [4.69, 9.17) is 0 Å². The lowest BCUT2D eigenvalue weighted by atomic mass is 9.76. The van der Waals surface area contributed by atoms with Crippen molar-refractivity contribution in [1.82, 2.24) is 0 Å². The Bertz CT molecular complexity index is 295. The van der Waals surface area contributed by atoms with Crippen LogP contribution in [0.15, 0.2) is 6.08 Å². The first-order valence-corrected chi connectivity index (χ1v) is 9.21. The fourth-order valence-electron chi connectivity index (χ4n) is 4.50. The molecule has 114 valence electrons. The molecular formula is C20H35+. The molecule has 2 aliphatic carbocycles. The van der Waals surface area contributed by atoms with Gasteiger partial charge in [-0.2, -0.15) is 0 Å². The predicted octanol–water partition coefficient (Wildman–Crippen LogP) is 6.27. The highest BCUT2D eigenvalue weighted by molar-refractivity contribution is 4.98. The van der Waals surface area contributed by atoms with E-state index in [0.717, 1.165) is 35.5 Å². The second kappa shape index (κ2) is 7.60. The second-order valence-electron chi connectivity index (χ2n) is 7.68. The van der Waals surface area contributed by atoms with Crippen LogP contribution < -0.4 is 0 Å². The maximum absolute atomic E-state index is 3.57. The molecule has 2 saturated carbocycles. The van der Waals surface area contributed by atoms with Crippen molar-refractivity contribution >= 4 is 0 Å². The van der Waals surface area contributed by atoms with Crippen molar-refractivity contribution in [2.75, 3.05) is 0 Å². The van der Waals surface area contributed by atoms with Gasteiger partial charge in [-0.15, -0.1) is 0 Å². The minimum Gasteiger partial charge on any atom is -0.0652 e. The quantitative estimate of drug-likeness (QED) is 0.409. The van der Waals surface area contributed by atoms with Crippen molar-refractivity contribution in [3.8, 4) is 0 Å². The number of hydrogen-bond acceptors (Lipinski definition) is 0. The molecule has 0 aromatic carbocycles. The van der Waals surface area contributed by atoms with E-state index in [1.807, 2.05) is 0 Å². The summed E-state index contributed by atoms with van der Waals surface area (Å²) in [5.41, 5.74) is 0. The van der Waals surface area contributed by atoms with E-state index in [9.17, 15) is 0 Å². The predicted molar refractivity (Wildman–Crippen MR) is 88.4 cm³/mol. The van der Waals surface area contributed by atoms with Crippen LogP contribution >= 0.6 is 0 Å². The van der Waals surface area contributed by atoms with Gasteiger partial charge in [0.2, 0.25) is 6.08 Å². The topological polar surface area (TPSA) is 0 Å². The van der Waals surface area contributed by atoms with Gasteiger partial charge in [0.05, 0.1) is 0 Å². The third-order valence-electron chi connectivity index (χ3n) is 6.26. The average Bonchev–Trinajstić information content (AvgIpc) is 2.99. The summed E-state index contributed by atoms with van der Waals surface area (Å²) in [6.07, 6.45) is 17.0. The third kappa shape index (κ3) is 4.08. The van der Waals surface area contributed by atoms with Crippen LogP contribution in [-0.4, -0.2) is 0 Å². The minimum atomic E-state index is 0.825. The first-order valence-electron chi connectivity index (χ1n) is 9.21.